The van der Waals surface area contributed by atoms with Crippen molar-refractivity contribution in [2.75, 3.05) is 12.3 Å². The molecule has 4 N–H and O–H groups in total. The Morgan fingerprint density at radius 1 is 1.35 bits per heavy atom. The van der Waals surface area contributed by atoms with Crippen LogP contribution in [0.5, 0.6) is 5.75 Å². The van der Waals surface area contributed by atoms with Crippen LogP contribution in [0.4, 0.5) is 5.69 Å². The molecule has 0 aliphatic carbocycles. The highest BCUT2D eigenvalue weighted by atomic mass is 16.3. The maximum absolute atomic E-state index is 12.1. The summed E-state index contributed by atoms with van der Waals surface area (Å²) >= 11 is 0. The fourth-order valence-corrected chi connectivity index (χ4v) is 2.10. The Bertz CT molecular complexity index is 456. The second kappa shape index (κ2) is 7.17. The quantitative estimate of drug-likeness (QED) is 0.407. The second-order valence-electron chi connectivity index (χ2n) is 6.05. The van der Waals surface area contributed by atoms with E-state index < -0.39 is 0 Å². The summed E-state index contributed by atoms with van der Waals surface area (Å²) in [6.07, 6.45) is 4.65. The van der Waals surface area contributed by atoms with Crippen LogP contribution >= 0.6 is 0 Å². The zero-order chi connectivity index (χ0) is 15.2. The zero-order valence-electron chi connectivity index (χ0n) is 12.7. The van der Waals surface area contributed by atoms with Crippen molar-refractivity contribution in [1.29, 1.82) is 0 Å². The van der Waals surface area contributed by atoms with Crippen LogP contribution in [-0.2, 0) is 0 Å². The predicted molar refractivity (Wildman–Crippen MR) is 82.8 cm³/mol. The highest BCUT2D eigenvalue weighted by Crippen LogP contribution is 2.26. The maximum Gasteiger partial charge on any atom is 0.255 e. The molecule has 1 amide bonds. The van der Waals surface area contributed by atoms with Crippen molar-refractivity contribution >= 4 is 11.6 Å². The largest absolute Gasteiger partial charge is 0.505 e. The fraction of sp³-hybridized carbons (Fsp3) is 0.562. The number of nitrogens with two attached hydrogens (primary N) is 1. The number of carbonyl (C=O) groups is 1. The highest BCUT2D eigenvalue weighted by molar-refractivity contribution is 5.98. The normalized spacial score (nSPS) is 11.3. The first-order valence-electron chi connectivity index (χ1n) is 7.23. The molecule has 4 heteroatoms. The Labute approximate surface area is 121 Å². The van der Waals surface area contributed by atoms with Crippen LogP contribution in [0.15, 0.2) is 18.2 Å². The van der Waals surface area contributed by atoms with E-state index in [1.54, 1.807) is 18.2 Å². The second-order valence-corrected chi connectivity index (χ2v) is 6.05. The number of unbranched alkanes of at least 4 members (excludes halogenated alkanes) is 2. The lowest BCUT2D eigenvalue weighted by Gasteiger charge is -2.25. The maximum atomic E-state index is 12.1. The molecule has 0 fully saturated rings. The van der Waals surface area contributed by atoms with Gasteiger partial charge in [0, 0.05) is 6.54 Å². The molecule has 0 radical (unpaired) electrons. The Morgan fingerprint density at radius 2 is 2.05 bits per heavy atom. The Morgan fingerprint density at radius 3 is 2.70 bits per heavy atom. The number of carbonyl (C=O) groups excluding carboxylic acids is 1. The number of benzene rings is 1. The van der Waals surface area contributed by atoms with E-state index in [0.717, 1.165) is 6.42 Å². The zero-order valence-corrected chi connectivity index (χ0v) is 12.7. The van der Waals surface area contributed by atoms with Gasteiger partial charge in [0.1, 0.15) is 0 Å². The summed E-state index contributed by atoms with van der Waals surface area (Å²) in [5.74, 6) is -0.424. The minimum Gasteiger partial charge on any atom is -0.505 e. The van der Waals surface area contributed by atoms with Crippen molar-refractivity contribution < 1.29 is 9.90 Å². The molecule has 112 valence electrons. The van der Waals surface area contributed by atoms with E-state index in [4.69, 9.17) is 5.73 Å². The number of nitrogens with one attached hydrogen (secondary N) is 1. The van der Waals surface area contributed by atoms with Gasteiger partial charge in [-0.05, 0) is 24.0 Å². The van der Waals surface area contributed by atoms with Crippen molar-refractivity contribution in [2.24, 2.45) is 5.41 Å². The van der Waals surface area contributed by atoms with Gasteiger partial charge < -0.3 is 16.2 Å². The molecule has 0 spiro atoms. The Balaban J connectivity index is 2.56. The van der Waals surface area contributed by atoms with E-state index in [0.29, 0.717) is 6.54 Å². The molecule has 1 aromatic rings. The number of rotatable bonds is 7. The van der Waals surface area contributed by atoms with Crippen molar-refractivity contribution in [1.82, 2.24) is 5.32 Å². The Kier molecular flexibility index (Phi) is 5.86. The van der Waals surface area contributed by atoms with Gasteiger partial charge >= 0.3 is 0 Å². The number of anilines is 1. The lowest BCUT2D eigenvalue weighted by Crippen LogP contribution is -2.34. The van der Waals surface area contributed by atoms with Gasteiger partial charge in [0.05, 0.1) is 11.3 Å². The summed E-state index contributed by atoms with van der Waals surface area (Å²) < 4.78 is 0. The van der Waals surface area contributed by atoms with Gasteiger partial charge in [-0.1, -0.05) is 46.1 Å². The van der Waals surface area contributed by atoms with Gasteiger partial charge in [0.15, 0.2) is 5.75 Å². The number of nitrogen functional groups attached to an aromatic ring is 1. The molecule has 1 aromatic carbocycles. The number of aromatic hydroxyl groups is 1. The molecule has 0 unspecified atom stereocenters. The molecule has 0 saturated heterocycles. The van der Waals surface area contributed by atoms with Crippen LogP contribution in [0.25, 0.3) is 0 Å². The number of para-hydroxylation sites is 1. The first-order chi connectivity index (χ1) is 9.37. The molecule has 20 heavy (non-hydrogen) atoms. The third-order valence-corrected chi connectivity index (χ3v) is 3.50. The lowest BCUT2D eigenvalue weighted by atomic mass is 9.87. The molecule has 0 aliphatic rings. The minimum absolute atomic E-state index is 0.0563. The van der Waals surface area contributed by atoms with Gasteiger partial charge in [-0.2, -0.15) is 0 Å². The standard InChI is InChI=1S/C16H26N2O2/c1-4-5-6-10-16(2,3)11-18-15(20)12-8-7-9-13(17)14(12)19/h7-9,19H,4-6,10-11,17H2,1-3H3,(H,18,20). The van der Waals surface area contributed by atoms with Crippen LogP contribution in [-0.4, -0.2) is 17.6 Å². The average Bonchev–Trinajstić information content (AvgIpc) is 2.39. The molecule has 0 heterocycles. The highest BCUT2D eigenvalue weighted by Gasteiger charge is 2.20. The average molecular weight is 278 g/mol. The third-order valence-electron chi connectivity index (χ3n) is 3.50. The van der Waals surface area contributed by atoms with Gasteiger partial charge in [-0.3, -0.25) is 4.79 Å². The summed E-state index contributed by atoms with van der Waals surface area (Å²) in [6, 6.07) is 4.81. The van der Waals surface area contributed by atoms with Crippen molar-refractivity contribution in [3.8, 4) is 5.75 Å². The predicted octanol–water partition coefficient (Wildman–Crippen LogP) is 3.31. The smallest absolute Gasteiger partial charge is 0.255 e. The molecule has 0 atom stereocenters. The Hall–Kier alpha value is -1.71. The van der Waals surface area contributed by atoms with Crippen molar-refractivity contribution in [3.05, 3.63) is 23.8 Å². The summed E-state index contributed by atoms with van der Waals surface area (Å²) in [4.78, 5) is 12.1. The van der Waals surface area contributed by atoms with Gasteiger partial charge in [-0.25, -0.2) is 0 Å². The number of phenols is 1. The SMILES string of the molecule is CCCCCC(C)(C)CNC(=O)c1cccc(N)c1O. The molecule has 1 rings (SSSR count). The summed E-state index contributed by atoms with van der Waals surface area (Å²) in [6.45, 7) is 7.05. The molecular weight excluding hydrogens is 252 g/mol. The summed E-state index contributed by atoms with van der Waals surface area (Å²) in [5.41, 5.74) is 6.10. The molecule has 0 saturated carbocycles. The fourth-order valence-electron chi connectivity index (χ4n) is 2.10. The number of phenolic OH excluding ortho intramolecular Hbond substituents is 1. The van der Waals surface area contributed by atoms with Crippen molar-refractivity contribution in [2.45, 2.75) is 46.5 Å². The van der Waals surface area contributed by atoms with Crippen LogP contribution in [0.2, 0.25) is 0 Å². The molecule has 4 nitrogen and oxygen atoms in total. The van der Waals surface area contributed by atoms with Crippen molar-refractivity contribution in [3.63, 3.8) is 0 Å². The summed E-state index contributed by atoms with van der Waals surface area (Å²) in [7, 11) is 0. The van der Waals surface area contributed by atoms with Crippen LogP contribution < -0.4 is 11.1 Å². The molecular formula is C16H26N2O2. The van der Waals surface area contributed by atoms with E-state index in [1.807, 2.05) is 0 Å². The topological polar surface area (TPSA) is 75.4 Å². The molecule has 0 aliphatic heterocycles. The first kappa shape index (κ1) is 16.3. The van der Waals surface area contributed by atoms with E-state index in [9.17, 15) is 9.90 Å². The van der Waals surface area contributed by atoms with Crippen LogP contribution in [0, 0.1) is 5.41 Å². The van der Waals surface area contributed by atoms with Crippen LogP contribution in [0.3, 0.4) is 0 Å². The van der Waals surface area contributed by atoms with Gasteiger partial charge in [0.25, 0.3) is 5.91 Å². The van der Waals surface area contributed by atoms with Gasteiger partial charge in [0.2, 0.25) is 0 Å². The van der Waals surface area contributed by atoms with E-state index in [2.05, 4.69) is 26.1 Å². The monoisotopic (exact) mass is 278 g/mol. The van der Waals surface area contributed by atoms with E-state index >= 15 is 0 Å². The van der Waals surface area contributed by atoms with Gasteiger partial charge in [-0.15, -0.1) is 0 Å². The number of hydrogen-bond donors (Lipinski definition) is 3. The molecule has 0 aromatic heterocycles. The summed E-state index contributed by atoms with van der Waals surface area (Å²) in [5, 5.41) is 12.7. The number of hydrogen-bond acceptors (Lipinski definition) is 3. The first-order valence-corrected chi connectivity index (χ1v) is 7.23. The lowest BCUT2D eigenvalue weighted by molar-refractivity contribution is 0.0931. The minimum atomic E-state index is -0.279. The third kappa shape index (κ3) is 4.76. The van der Waals surface area contributed by atoms with E-state index in [-0.39, 0.29) is 28.3 Å². The van der Waals surface area contributed by atoms with Crippen LogP contribution in [0.1, 0.15) is 56.8 Å². The number of amides is 1. The van der Waals surface area contributed by atoms with E-state index in [1.165, 1.54) is 19.3 Å². The molecule has 0 bridgehead atoms.